The summed E-state index contributed by atoms with van der Waals surface area (Å²) in [5, 5.41) is 0. The molecule has 0 atom stereocenters. The Morgan fingerprint density at radius 2 is 2.00 bits per heavy atom. The van der Waals surface area contributed by atoms with E-state index in [1.807, 2.05) is 0 Å². The maximum atomic E-state index is 5.95. The summed E-state index contributed by atoms with van der Waals surface area (Å²) in [4.78, 5) is 6.62. The summed E-state index contributed by atoms with van der Waals surface area (Å²) in [5.41, 5.74) is 6.38. The molecule has 0 aromatic heterocycles. The number of hydrogen-bond donors (Lipinski definition) is 1. The standard InChI is InChI=1S/C11H21N3O.HI/c1-11(3-2-4-11)9-13-10(12)14-5-7-15-8-6-14;/h2-9H2,1H3,(H2,12,13);1H. The first kappa shape index (κ1) is 14.0. The molecule has 16 heavy (non-hydrogen) atoms. The summed E-state index contributed by atoms with van der Waals surface area (Å²) in [6.45, 7) is 6.49. The van der Waals surface area contributed by atoms with Gasteiger partial charge in [0.25, 0.3) is 0 Å². The van der Waals surface area contributed by atoms with Crippen LogP contribution in [0.3, 0.4) is 0 Å². The van der Waals surface area contributed by atoms with Gasteiger partial charge in [-0.05, 0) is 18.3 Å². The Morgan fingerprint density at radius 3 is 2.50 bits per heavy atom. The van der Waals surface area contributed by atoms with Crippen molar-refractivity contribution in [1.82, 2.24) is 4.90 Å². The zero-order valence-electron chi connectivity index (χ0n) is 9.95. The summed E-state index contributed by atoms with van der Waals surface area (Å²) < 4.78 is 5.28. The van der Waals surface area contributed by atoms with Crippen molar-refractivity contribution in [2.24, 2.45) is 16.1 Å². The van der Waals surface area contributed by atoms with Gasteiger partial charge in [0.1, 0.15) is 0 Å². The smallest absolute Gasteiger partial charge is 0.191 e. The molecule has 1 aliphatic carbocycles. The van der Waals surface area contributed by atoms with Crippen molar-refractivity contribution in [3.05, 3.63) is 0 Å². The third-order valence-corrected chi connectivity index (χ3v) is 3.52. The average Bonchev–Trinajstić information content (AvgIpc) is 2.24. The predicted octanol–water partition coefficient (Wildman–Crippen LogP) is 1.44. The second-order valence-corrected chi connectivity index (χ2v) is 4.94. The van der Waals surface area contributed by atoms with E-state index in [2.05, 4.69) is 16.8 Å². The summed E-state index contributed by atoms with van der Waals surface area (Å²) in [6, 6.07) is 0. The van der Waals surface area contributed by atoms with E-state index in [1.165, 1.54) is 19.3 Å². The number of guanidine groups is 1. The monoisotopic (exact) mass is 339 g/mol. The van der Waals surface area contributed by atoms with Crippen LogP contribution in [-0.4, -0.2) is 43.7 Å². The van der Waals surface area contributed by atoms with E-state index in [4.69, 9.17) is 10.5 Å². The predicted molar refractivity (Wildman–Crippen MR) is 76.3 cm³/mol. The molecule has 1 saturated heterocycles. The van der Waals surface area contributed by atoms with Gasteiger partial charge in [-0.25, -0.2) is 0 Å². The topological polar surface area (TPSA) is 50.8 Å². The van der Waals surface area contributed by atoms with Crippen LogP contribution in [-0.2, 0) is 4.74 Å². The fourth-order valence-electron chi connectivity index (χ4n) is 2.10. The summed E-state index contributed by atoms with van der Waals surface area (Å²) in [5.74, 6) is 0.700. The minimum atomic E-state index is 0. The molecule has 0 unspecified atom stereocenters. The second kappa shape index (κ2) is 6.05. The first-order valence-electron chi connectivity index (χ1n) is 5.82. The Bertz CT molecular complexity index is 248. The van der Waals surface area contributed by atoms with Gasteiger partial charge in [0.15, 0.2) is 5.96 Å². The molecule has 4 nitrogen and oxygen atoms in total. The second-order valence-electron chi connectivity index (χ2n) is 4.94. The molecule has 2 fully saturated rings. The number of nitrogens with zero attached hydrogens (tertiary/aromatic N) is 2. The van der Waals surface area contributed by atoms with Crippen LogP contribution in [0.15, 0.2) is 4.99 Å². The lowest BCUT2D eigenvalue weighted by Crippen LogP contribution is -2.45. The highest BCUT2D eigenvalue weighted by atomic mass is 127. The van der Waals surface area contributed by atoms with Gasteiger partial charge in [-0.15, -0.1) is 24.0 Å². The number of hydrogen-bond acceptors (Lipinski definition) is 2. The van der Waals surface area contributed by atoms with Crippen LogP contribution in [0.5, 0.6) is 0 Å². The van der Waals surface area contributed by atoms with Gasteiger partial charge in [-0.3, -0.25) is 4.99 Å². The Morgan fingerprint density at radius 1 is 1.38 bits per heavy atom. The van der Waals surface area contributed by atoms with Crippen molar-refractivity contribution < 1.29 is 4.74 Å². The van der Waals surface area contributed by atoms with Crippen LogP contribution >= 0.6 is 24.0 Å². The molecule has 0 bridgehead atoms. The molecule has 1 aliphatic heterocycles. The molecule has 1 heterocycles. The van der Waals surface area contributed by atoms with Crippen LogP contribution in [0.25, 0.3) is 0 Å². The number of rotatable bonds is 2. The third kappa shape index (κ3) is 3.48. The minimum Gasteiger partial charge on any atom is -0.378 e. The number of nitrogens with two attached hydrogens (primary N) is 1. The van der Waals surface area contributed by atoms with Crippen molar-refractivity contribution in [3.63, 3.8) is 0 Å². The largest absolute Gasteiger partial charge is 0.378 e. The van der Waals surface area contributed by atoms with Crippen LogP contribution in [0.2, 0.25) is 0 Å². The quantitative estimate of drug-likeness (QED) is 0.471. The molecule has 0 aromatic carbocycles. The van der Waals surface area contributed by atoms with E-state index in [9.17, 15) is 0 Å². The lowest BCUT2D eigenvalue weighted by atomic mass is 9.71. The SMILES string of the molecule is CC1(CN=C(N)N2CCOCC2)CCC1.I. The zero-order chi connectivity index (χ0) is 10.7. The maximum absolute atomic E-state index is 5.95. The first-order valence-corrected chi connectivity index (χ1v) is 5.82. The van der Waals surface area contributed by atoms with Gasteiger partial charge in [-0.1, -0.05) is 13.3 Å². The van der Waals surface area contributed by atoms with Crippen LogP contribution in [0, 0.1) is 5.41 Å². The Hall–Kier alpha value is -0.0400. The Kier molecular flexibility index (Phi) is 5.30. The lowest BCUT2D eigenvalue weighted by Gasteiger charge is -2.37. The van der Waals surface area contributed by atoms with Gasteiger partial charge in [-0.2, -0.15) is 0 Å². The lowest BCUT2D eigenvalue weighted by molar-refractivity contribution is 0.0671. The molecule has 0 amide bonds. The molecular formula is C11H22IN3O. The van der Waals surface area contributed by atoms with Crippen molar-refractivity contribution >= 4 is 29.9 Å². The van der Waals surface area contributed by atoms with Crippen molar-refractivity contribution in [2.45, 2.75) is 26.2 Å². The molecule has 2 aliphatic rings. The number of morpholine rings is 1. The highest BCUT2D eigenvalue weighted by molar-refractivity contribution is 14.0. The fraction of sp³-hybridized carbons (Fsp3) is 0.909. The van der Waals surface area contributed by atoms with E-state index < -0.39 is 0 Å². The summed E-state index contributed by atoms with van der Waals surface area (Å²) in [6.07, 6.45) is 3.95. The molecule has 1 saturated carbocycles. The van der Waals surface area contributed by atoms with Gasteiger partial charge in [0, 0.05) is 19.6 Å². The van der Waals surface area contributed by atoms with Crippen LogP contribution in [0.4, 0.5) is 0 Å². The van der Waals surface area contributed by atoms with Crippen LogP contribution < -0.4 is 5.73 Å². The normalized spacial score (nSPS) is 24.6. The van der Waals surface area contributed by atoms with Crippen molar-refractivity contribution in [2.75, 3.05) is 32.8 Å². The van der Waals surface area contributed by atoms with E-state index in [0.717, 1.165) is 32.8 Å². The molecule has 0 aromatic rings. The third-order valence-electron chi connectivity index (χ3n) is 3.52. The highest BCUT2D eigenvalue weighted by Crippen LogP contribution is 2.40. The molecular weight excluding hydrogens is 317 g/mol. The Balaban J connectivity index is 0.00000128. The minimum absolute atomic E-state index is 0. The van der Waals surface area contributed by atoms with Gasteiger partial charge >= 0.3 is 0 Å². The molecule has 94 valence electrons. The van der Waals surface area contributed by atoms with Gasteiger partial charge < -0.3 is 15.4 Å². The molecule has 0 spiro atoms. The van der Waals surface area contributed by atoms with Crippen molar-refractivity contribution in [1.29, 1.82) is 0 Å². The molecule has 2 rings (SSSR count). The summed E-state index contributed by atoms with van der Waals surface area (Å²) >= 11 is 0. The van der Waals surface area contributed by atoms with E-state index in [0.29, 0.717) is 11.4 Å². The maximum Gasteiger partial charge on any atom is 0.191 e. The fourth-order valence-corrected chi connectivity index (χ4v) is 2.10. The molecule has 5 heteroatoms. The molecule has 0 radical (unpaired) electrons. The van der Waals surface area contributed by atoms with Crippen molar-refractivity contribution in [3.8, 4) is 0 Å². The first-order chi connectivity index (χ1) is 7.20. The average molecular weight is 339 g/mol. The van der Waals surface area contributed by atoms with E-state index in [-0.39, 0.29) is 24.0 Å². The Labute approximate surface area is 115 Å². The van der Waals surface area contributed by atoms with Gasteiger partial charge in [0.2, 0.25) is 0 Å². The number of ether oxygens (including phenoxy) is 1. The van der Waals surface area contributed by atoms with Gasteiger partial charge in [0.05, 0.1) is 13.2 Å². The molecule has 2 N–H and O–H groups in total. The van der Waals surface area contributed by atoms with E-state index >= 15 is 0 Å². The summed E-state index contributed by atoms with van der Waals surface area (Å²) in [7, 11) is 0. The highest BCUT2D eigenvalue weighted by Gasteiger charge is 2.31. The number of halogens is 1. The van der Waals surface area contributed by atoms with Crippen LogP contribution in [0.1, 0.15) is 26.2 Å². The van der Waals surface area contributed by atoms with E-state index in [1.54, 1.807) is 0 Å². The number of aliphatic imine (C=N–C) groups is 1. The zero-order valence-corrected chi connectivity index (χ0v) is 12.3.